The third-order valence-electron chi connectivity index (χ3n) is 5.70. The Morgan fingerprint density at radius 1 is 1.18 bits per heavy atom. The Kier molecular flexibility index (Phi) is 7.47. The quantitative estimate of drug-likeness (QED) is 0.546. The molecule has 3 heterocycles. The highest BCUT2D eigenvalue weighted by molar-refractivity contribution is 7.89. The number of halogens is 1. The van der Waals surface area contributed by atoms with Crippen molar-refractivity contribution in [2.45, 2.75) is 11.3 Å². The van der Waals surface area contributed by atoms with Crippen LogP contribution < -0.4 is 5.32 Å². The van der Waals surface area contributed by atoms with Gasteiger partial charge in [-0.25, -0.2) is 12.8 Å². The number of anilines is 1. The molecule has 0 radical (unpaired) electrons. The predicted octanol–water partition coefficient (Wildman–Crippen LogP) is 2.36. The van der Waals surface area contributed by atoms with Crippen LogP contribution in [0, 0.1) is 5.82 Å². The monoisotopic (exact) mass is 487 g/mol. The summed E-state index contributed by atoms with van der Waals surface area (Å²) >= 11 is 0. The number of carbonyl (C=O) groups is 1. The second-order valence-electron chi connectivity index (χ2n) is 7.98. The normalized spacial score (nSPS) is 15.8. The molecule has 1 aliphatic heterocycles. The zero-order valence-corrected chi connectivity index (χ0v) is 19.6. The number of carbonyl (C=O) groups excluding carboxylic acids is 1. The molecular formula is C23H26FN5O4S. The minimum absolute atomic E-state index is 0.0312. The lowest BCUT2D eigenvalue weighted by atomic mass is 10.1. The maximum absolute atomic E-state index is 14.5. The molecule has 1 aromatic carbocycles. The first kappa shape index (κ1) is 24.1. The highest BCUT2D eigenvalue weighted by atomic mass is 32.2. The Balaban J connectivity index is 1.50. The molecule has 0 aliphatic carbocycles. The number of nitrogens with zero attached hydrogens (tertiary/aromatic N) is 4. The molecule has 180 valence electrons. The van der Waals surface area contributed by atoms with Gasteiger partial charge in [-0.3, -0.25) is 19.7 Å². The highest BCUT2D eigenvalue weighted by Crippen LogP contribution is 2.22. The standard InChI is InChI=1S/C23H26FN5O4S/c1-33-11-10-28-6-3-7-29(9-8-28)34(31,32)19-13-18(15-25-16-19)27-23(30)20-14-22-17(12-21(20)24)4-2-5-26-22/h2,4-5,12-16H,3,6-11H2,1H3,(H,27,30). The molecule has 34 heavy (non-hydrogen) atoms. The van der Waals surface area contributed by atoms with Crippen molar-refractivity contribution in [3.63, 3.8) is 0 Å². The molecule has 3 aromatic rings. The first-order chi connectivity index (χ1) is 16.4. The van der Waals surface area contributed by atoms with E-state index in [1.54, 1.807) is 25.4 Å². The van der Waals surface area contributed by atoms with Crippen molar-refractivity contribution in [2.24, 2.45) is 0 Å². The Bertz CT molecular complexity index is 1290. The van der Waals surface area contributed by atoms with E-state index < -0.39 is 21.7 Å². The first-order valence-electron chi connectivity index (χ1n) is 10.9. The fourth-order valence-electron chi connectivity index (χ4n) is 3.87. The summed E-state index contributed by atoms with van der Waals surface area (Å²) in [6.07, 6.45) is 4.82. The number of amides is 1. The first-order valence-corrected chi connectivity index (χ1v) is 12.3. The minimum atomic E-state index is -3.81. The highest BCUT2D eigenvalue weighted by Gasteiger charge is 2.27. The van der Waals surface area contributed by atoms with Gasteiger partial charge < -0.3 is 10.1 Å². The molecule has 1 N–H and O–H groups in total. The van der Waals surface area contributed by atoms with Gasteiger partial charge in [-0.15, -0.1) is 0 Å². The number of sulfonamides is 1. The summed E-state index contributed by atoms with van der Waals surface area (Å²) in [7, 11) is -2.17. The molecule has 1 amide bonds. The topological polar surface area (TPSA) is 105 Å². The molecular weight excluding hydrogens is 461 g/mol. The summed E-state index contributed by atoms with van der Waals surface area (Å²) in [6.45, 7) is 3.45. The molecule has 9 nitrogen and oxygen atoms in total. The predicted molar refractivity (Wildman–Crippen MR) is 126 cm³/mol. The smallest absolute Gasteiger partial charge is 0.258 e. The number of nitrogens with one attached hydrogen (secondary N) is 1. The molecule has 0 spiro atoms. The second kappa shape index (κ2) is 10.5. The lowest BCUT2D eigenvalue weighted by Crippen LogP contribution is -2.36. The maximum Gasteiger partial charge on any atom is 0.258 e. The Morgan fingerprint density at radius 3 is 2.85 bits per heavy atom. The van der Waals surface area contributed by atoms with Gasteiger partial charge in [0, 0.05) is 51.1 Å². The summed E-state index contributed by atoms with van der Waals surface area (Å²) in [6, 6.07) is 7.32. The summed E-state index contributed by atoms with van der Waals surface area (Å²) in [4.78, 5) is 23.0. The Morgan fingerprint density at radius 2 is 2.03 bits per heavy atom. The summed E-state index contributed by atoms with van der Waals surface area (Å²) in [5.74, 6) is -1.41. The van der Waals surface area contributed by atoms with Crippen LogP contribution in [0.1, 0.15) is 16.8 Å². The van der Waals surface area contributed by atoms with Gasteiger partial charge in [0.2, 0.25) is 10.0 Å². The molecule has 0 unspecified atom stereocenters. The van der Waals surface area contributed by atoms with E-state index in [2.05, 4.69) is 20.2 Å². The van der Waals surface area contributed by atoms with Crippen molar-refractivity contribution in [3.8, 4) is 0 Å². The van der Waals surface area contributed by atoms with Crippen LogP contribution in [-0.2, 0) is 14.8 Å². The molecule has 0 atom stereocenters. The molecule has 0 saturated carbocycles. The van der Waals surface area contributed by atoms with Crippen LogP contribution >= 0.6 is 0 Å². The van der Waals surface area contributed by atoms with Gasteiger partial charge in [0.15, 0.2) is 0 Å². The number of hydrogen-bond donors (Lipinski definition) is 1. The van der Waals surface area contributed by atoms with Gasteiger partial charge >= 0.3 is 0 Å². The SMILES string of the molecule is COCCN1CCCN(S(=O)(=O)c2cncc(NC(=O)c3cc4ncccc4cc3F)c2)CC1. The van der Waals surface area contributed by atoms with Gasteiger partial charge in [0.1, 0.15) is 10.7 Å². The number of methoxy groups -OCH3 is 1. The second-order valence-corrected chi connectivity index (χ2v) is 9.92. The van der Waals surface area contributed by atoms with Crippen molar-refractivity contribution < 1.29 is 22.3 Å². The molecule has 1 saturated heterocycles. The number of hydrogen-bond acceptors (Lipinski definition) is 7. The molecule has 1 aliphatic rings. The van der Waals surface area contributed by atoms with E-state index >= 15 is 0 Å². The van der Waals surface area contributed by atoms with Crippen LogP contribution in [0.2, 0.25) is 0 Å². The van der Waals surface area contributed by atoms with E-state index in [4.69, 9.17) is 4.74 Å². The van der Waals surface area contributed by atoms with Crippen LogP contribution in [0.5, 0.6) is 0 Å². The van der Waals surface area contributed by atoms with Crippen molar-refractivity contribution >= 4 is 32.5 Å². The van der Waals surface area contributed by atoms with Crippen LogP contribution in [0.25, 0.3) is 10.9 Å². The fourth-order valence-corrected chi connectivity index (χ4v) is 5.33. The van der Waals surface area contributed by atoms with E-state index in [0.717, 1.165) is 13.1 Å². The van der Waals surface area contributed by atoms with Gasteiger partial charge in [-0.05, 0) is 37.2 Å². The third-order valence-corrected chi connectivity index (χ3v) is 7.57. The van der Waals surface area contributed by atoms with E-state index in [9.17, 15) is 17.6 Å². The molecule has 4 rings (SSSR count). The third kappa shape index (κ3) is 5.39. The van der Waals surface area contributed by atoms with Crippen molar-refractivity contribution in [1.82, 2.24) is 19.2 Å². The van der Waals surface area contributed by atoms with Gasteiger partial charge in [0.05, 0.1) is 29.6 Å². The largest absolute Gasteiger partial charge is 0.383 e. The molecule has 0 bridgehead atoms. The zero-order chi connectivity index (χ0) is 24.1. The van der Waals surface area contributed by atoms with Crippen molar-refractivity contribution in [2.75, 3.05) is 51.8 Å². The number of fused-ring (bicyclic) bond motifs is 1. The van der Waals surface area contributed by atoms with Crippen molar-refractivity contribution in [1.29, 1.82) is 0 Å². The van der Waals surface area contributed by atoms with Crippen LogP contribution in [-0.4, -0.2) is 79.9 Å². The molecule has 11 heteroatoms. The zero-order valence-electron chi connectivity index (χ0n) is 18.8. The summed E-state index contributed by atoms with van der Waals surface area (Å²) < 4.78 is 47.5. The van der Waals surface area contributed by atoms with Crippen molar-refractivity contribution in [3.05, 3.63) is 60.3 Å². The number of benzene rings is 1. The summed E-state index contributed by atoms with van der Waals surface area (Å²) in [5.41, 5.74) is 0.440. The van der Waals surface area contributed by atoms with E-state index in [-0.39, 0.29) is 16.1 Å². The lowest BCUT2D eigenvalue weighted by molar-refractivity contribution is 0.102. The average Bonchev–Trinajstić information content (AvgIpc) is 3.08. The van der Waals surface area contributed by atoms with Gasteiger partial charge in [-0.1, -0.05) is 6.07 Å². The minimum Gasteiger partial charge on any atom is -0.383 e. The van der Waals surface area contributed by atoms with Crippen LogP contribution in [0.4, 0.5) is 10.1 Å². The Hall–Kier alpha value is -2.99. The lowest BCUT2D eigenvalue weighted by Gasteiger charge is -2.21. The fraction of sp³-hybridized carbons (Fsp3) is 0.348. The van der Waals surface area contributed by atoms with Gasteiger partial charge in [-0.2, -0.15) is 4.31 Å². The number of aromatic nitrogens is 2. The maximum atomic E-state index is 14.5. The number of rotatable bonds is 7. The number of pyridine rings is 2. The number of ether oxygens (including phenoxy) is 1. The molecule has 1 fully saturated rings. The van der Waals surface area contributed by atoms with Gasteiger partial charge in [0.25, 0.3) is 5.91 Å². The Labute approximate surface area is 197 Å². The average molecular weight is 488 g/mol. The van der Waals surface area contributed by atoms with E-state index in [1.807, 2.05) is 0 Å². The van der Waals surface area contributed by atoms with Crippen LogP contribution in [0.15, 0.2) is 53.8 Å². The van der Waals surface area contributed by atoms with E-state index in [1.165, 1.54) is 34.9 Å². The molecule has 2 aromatic heterocycles. The van der Waals surface area contributed by atoms with E-state index in [0.29, 0.717) is 43.6 Å². The summed E-state index contributed by atoms with van der Waals surface area (Å²) in [5, 5.41) is 3.12. The van der Waals surface area contributed by atoms with Crippen LogP contribution in [0.3, 0.4) is 0 Å².